The maximum Gasteiger partial charge on any atom is 0.250 e. The molecule has 0 saturated carbocycles. The first kappa shape index (κ1) is 9.46. The zero-order valence-corrected chi connectivity index (χ0v) is 8.35. The van der Waals surface area contributed by atoms with Crippen molar-refractivity contribution in [2.75, 3.05) is 0 Å². The summed E-state index contributed by atoms with van der Waals surface area (Å²) >= 11 is 0. The van der Waals surface area contributed by atoms with Crippen molar-refractivity contribution < 1.29 is 4.74 Å². The molecule has 0 aliphatic carbocycles. The number of hydrogen-bond acceptors (Lipinski definition) is 2. The van der Waals surface area contributed by atoms with Crippen molar-refractivity contribution >= 4 is 0 Å². The van der Waals surface area contributed by atoms with E-state index in [1.165, 1.54) is 0 Å². The van der Waals surface area contributed by atoms with E-state index < -0.39 is 0 Å². The SMILES string of the molecule is CC1CCC(Cn2ccccc2=O)O1. The molecule has 1 aliphatic rings. The topological polar surface area (TPSA) is 31.2 Å². The second-order valence-electron chi connectivity index (χ2n) is 3.84. The molecule has 1 fully saturated rings. The van der Waals surface area contributed by atoms with Gasteiger partial charge in [0.1, 0.15) is 0 Å². The average molecular weight is 193 g/mol. The van der Waals surface area contributed by atoms with Gasteiger partial charge in [-0.15, -0.1) is 0 Å². The van der Waals surface area contributed by atoms with Crippen molar-refractivity contribution in [1.82, 2.24) is 4.57 Å². The van der Waals surface area contributed by atoms with Crippen LogP contribution in [0.4, 0.5) is 0 Å². The highest BCUT2D eigenvalue weighted by atomic mass is 16.5. The van der Waals surface area contributed by atoms with E-state index in [1.807, 2.05) is 12.3 Å². The van der Waals surface area contributed by atoms with Gasteiger partial charge in [-0.2, -0.15) is 0 Å². The Kier molecular flexibility index (Phi) is 2.68. The third kappa shape index (κ3) is 2.04. The maximum atomic E-state index is 11.4. The van der Waals surface area contributed by atoms with Crippen LogP contribution in [0.2, 0.25) is 0 Å². The molecule has 0 aromatic carbocycles. The summed E-state index contributed by atoms with van der Waals surface area (Å²) in [5, 5.41) is 0. The van der Waals surface area contributed by atoms with Crippen LogP contribution in [0.25, 0.3) is 0 Å². The van der Waals surface area contributed by atoms with Crippen LogP contribution in [0.15, 0.2) is 29.2 Å². The first-order valence-corrected chi connectivity index (χ1v) is 5.06. The van der Waals surface area contributed by atoms with E-state index in [2.05, 4.69) is 6.92 Å². The van der Waals surface area contributed by atoms with E-state index in [1.54, 1.807) is 16.7 Å². The lowest BCUT2D eigenvalue weighted by atomic mass is 10.2. The summed E-state index contributed by atoms with van der Waals surface area (Å²) in [6.45, 7) is 2.76. The molecule has 0 amide bonds. The third-order valence-electron chi connectivity index (χ3n) is 2.62. The van der Waals surface area contributed by atoms with Crippen LogP contribution >= 0.6 is 0 Å². The summed E-state index contributed by atoms with van der Waals surface area (Å²) in [5.74, 6) is 0. The summed E-state index contributed by atoms with van der Waals surface area (Å²) in [4.78, 5) is 11.4. The smallest absolute Gasteiger partial charge is 0.250 e. The molecule has 3 heteroatoms. The molecule has 76 valence electrons. The van der Waals surface area contributed by atoms with E-state index in [0.29, 0.717) is 12.6 Å². The fourth-order valence-corrected chi connectivity index (χ4v) is 1.85. The fraction of sp³-hybridized carbons (Fsp3) is 0.545. The van der Waals surface area contributed by atoms with Gasteiger partial charge in [-0.1, -0.05) is 6.07 Å². The van der Waals surface area contributed by atoms with Crippen LogP contribution in [0.3, 0.4) is 0 Å². The van der Waals surface area contributed by atoms with Gasteiger partial charge < -0.3 is 9.30 Å². The number of nitrogens with zero attached hydrogens (tertiary/aromatic N) is 1. The molecular formula is C11H15NO2. The minimum atomic E-state index is 0.0515. The van der Waals surface area contributed by atoms with Gasteiger partial charge in [0.2, 0.25) is 0 Å². The highest BCUT2D eigenvalue weighted by Gasteiger charge is 2.21. The zero-order chi connectivity index (χ0) is 9.97. The number of hydrogen-bond donors (Lipinski definition) is 0. The fourth-order valence-electron chi connectivity index (χ4n) is 1.85. The number of rotatable bonds is 2. The molecule has 3 nitrogen and oxygen atoms in total. The molecule has 0 bridgehead atoms. The molecule has 0 spiro atoms. The van der Waals surface area contributed by atoms with Crippen molar-refractivity contribution in [3.8, 4) is 0 Å². The molecule has 1 saturated heterocycles. The largest absolute Gasteiger partial charge is 0.373 e. The summed E-state index contributed by atoms with van der Waals surface area (Å²) in [5.41, 5.74) is 0.0515. The molecule has 1 aliphatic heterocycles. The lowest BCUT2D eigenvalue weighted by molar-refractivity contribution is 0.0452. The summed E-state index contributed by atoms with van der Waals surface area (Å²) in [6.07, 6.45) is 4.54. The molecule has 2 heterocycles. The minimum Gasteiger partial charge on any atom is -0.373 e. The molecule has 0 N–H and O–H groups in total. The Balaban J connectivity index is 2.04. The molecule has 1 aromatic heterocycles. The number of ether oxygens (including phenoxy) is 1. The van der Waals surface area contributed by atoms with Crippen molar-refractivity contribution in [2.45, 2.75) is 38.5 Å². The highest BCUT2D eigenvalue weighted by Crippen LogP contribution is 2.19. The van der Waals surface area contributed by atoms with Crippen molar-refractivity contribution in [2.24, 2.45) is 0 Å². The van der Waals surface area contributed by atoms with Crippen LogP contribution in [0.1, 0.15) is 19.8 Å². The Hall–Kier alpha value is -1.09. The first-order valence-electron chi connectivity index (χ1n) is 5.06. The van der Waals surface area contributed by atoms with Crippen LogP contribution in [0.5, 0.6) is 0 Å². The summed E-state index contributed by atoms with van der Waals surface area (Å²) in [7, 11) is 0. The van der Waals surface area contributed by atoms with Gasteiger partial charge in [0.25, 0.3) is 5.56 Å². The number of aromatic nitrogens is 1. The molecule has 2 rings (SSSR count). The monoisotopic (exact) mass is 193 g/mol. The molecule has 2 unspecified atom stereocenters. The van der Waals surface area contributed by atoms with E-state index in [4.69, 9.17) is 4.74 Å². The van der Waals surface area contributed by atoms with Crippen LogP contribution < -0.4 is 5.56 Å². The van der Waals surface area contributed by atoms with Gasteiger partial charge >= 0.3 is 0 Å². The molecule has 0 radical (unpaired) electrons. The minimum absolute atomic E-state index is 0.0515. The second-order valence-corrected chi connectivity index (χ2v) is 3.84. The molecular weight excluding hydrogens is 178 g/mol. The van der Waals surface area contributed by atoms with E-state index in [-0.39, 0.29) is 11.7 Å². The van der Waals surface area contributed by atoms with E-state index in [9.17, 15) is 4.79 Å². The quantitative estimate of drug-likeness (QED) is 0.711. The average Bonchev–Trinajstić information content (AvgIpc) is 2.56. The predicted octanol–water partition coefficient (Wildman–Crippen LogP) is 1.42. The van der Waals surface area contributed by atoms with Gasteiger partial charge in [0.15, 0.2) is 0 Å². The van der Waals surface area contributed by atoms with Gasteiger partial charge in [-0.25, -0.2) is 0 Å². The van der Waals surface area contributed by atoms with E-state index >= 15 is 0 Å². The standard InChI is InChI=1S/C11H15NO2/c1-9-5-6-10(14-9)8-12-7-3-2-4-11(12)13/h2-4,7,9-10H,5-6,8H2,1H3. The van der Waals surface area contributed by atoms with Gasteiger partial charge in [0.05, 0.1) is 18.8 Å². The molecule has 1 aromatic rings. The summed E-state index contributed by atoms with van der Waals surface area (Å²) in [6, 6.07) is 5.22. The Bertz CT molecular complexity index is 358. The van der Waals surface area contributed by atoms with Gasteiger partial charge in [0, 0.05) is 12.3 Å². The zero-order valence-electron chi connectivity index (χ0n) is 8.35. The Labute approximate surface area is 83.3 Å². The maximum absolute atomic E-state index is 11.4. The van der Waals surface area contributed by atoms with Crippen molar-refractivity contribution in [3.63, 3.8) is 0 Å². The lowest BCUT2D eigenvalue weighted by Crippen LogP contribution is -2.25. The van der Waals surface area contributed by atoms with E-state index in [0.717, 1.165) is 12.8 Å². The van der Waals surface area contributed by atoms with Gasteiger partial charge in [-0.3, -0.25) is 4.79 Å². The van der Waals surface area contributed by atoms with Crippen LogP contribution in [0, 0.1) is 0 Å². The predicted molar refractivity (Wildman–Crippen MR) is 54.3 cm³/mol. The third-order valence-corrected chi connectivity index (χ3v) is 2.62. The highest BCUT2D eigenvalue weighted by molar-refractivity contribution is 4.93. The number of pyridine rings is 1. The Morgan fingerprint density at radius 3 is 3.00 bits per heavy atom. The first-order chi connectivity index (χ1) is 6.75. The molecule has 14 heavy (non-hydrogen) atoms. The second kappa shape index (κ2) is 3.96. The summed E-state index contributed by atoms with van der Waals surface area (Å²) < 4.78 is 7.37. The van der Waals surface area contributed by atoms with Crippen molar-refractivity contribution in [1.29, 1.82) is 0 Å². The Morgan fingerprint density at radius 1 is 1.50 bits per heavy atom. The Morgan fingerprint density at radius 2 is 2.36 bits per heavy atom. The van der Waals surface area contributed by atoms with Crippen LogP contribution in [-0.2, 0) is 11.3 Å². The molecule has 2 atom stereocenters. The normalized spacial score (nSPS) is 26.6. The lowest BCUT2D eigenvalue weighted by Gasteiger charge is -2.12. The van der Waals surface area contributed by atoms with Crippen molar-refractivity contribution in [3.05, 3.63) is 34.7 Å². The van der Waals surface area contributed by atoms with Gasteiger partial charge in [-0.05, 0) is 25.8 Å². The van der Waals surface area contributed by atoms with Crippen LogP contribution in [-0.4, -0.2) is 16.8 Å².